The van der Waals surface area contributed by atoms with Crippen LogP contribution in [-0.2, 0) is 23.8 Å². The number of benzene rings is 2. The highest BCUT2D eigenvalue weighted by atomic mass is 16.6. The van der Waals surface area contributed by atoms with E-state index in [4.69, 9.17) is 18.9 Å². The van der Waals surface area contributed by atoms with Crippen molar-refractivity contribution >= 4 is 18.0 Å². The van der Waals surface area contributed by atoms with Gasteiger partial charge in [0.15, 0.2) is 0 Å². The highest BCUT2D eigenvalue weighted by molar-refractivity contribution is 5.84. The fourth-order valence-corrected chi connectivity index (χ4v) is 4.92. The Labute approximate surface area is 253 Å². The number of hydrogen-bond donors (Lipinski definition) is 1. The first-order chi connectivity index (χ1) is 20.6. The second kappa shape index (κ2) is 14.3. The first-order valence-corrected chi connectivity index (χ1v) is 14.3. The number of aliphatic hydroxyl groups is 1. The largest absolute Gasteiger partial charge is 0.490 e. The molecule has 2 aromatic carbocycles. The Morgan fingerprint density at radius 1 is 0.953 bits per heavy atom. The monoisotopic (exact) mass is 585 g/mol. The maximum absolute atomic E-state index is 13.2. The van der Waals surface area contributed by atoms with Crippen LogP contribution in [0.1, 0.15) is 38.1 Å². The maximum atomic E-state index is 13.2. The lowest BCUT2D eigenvalue weighted by molar-refractivity contribution is -0.158. The SMILES string of the molecule is C=C[C@H]1O[C@@H](/C=C/c2ccccc2)[C@H](C(=O)OC)[C@@H]1C(=O)OCCOc1ccc(-c2cccc([C@H](O)C(C)(C)C)n2)cc1. The van der Waals surface area contributed by atoms with Crippen molar-refractivity contribution in [3.63, 3.8) is 0 Å². The van der Waals surface area contributed by atoms with Gasteiger partial charge in [-0.1, -0.05) is 75.4 Å². The van der Waals surface area contributed by atoms with Gasteiger partial charge >= 0.3 is 11.9 Å². The smallest absolute Gasteiger partial charge is 0.313 e. The summed E-state index contributed by atoms with van der Waals surface area (Å²) in [6.07, 6.45) is 3.02. The number of rotatable bonds is 11. The van der Waals surface area contributed by atoms with Gasteiger partial charge in [-0.05, 0) is 47.4 Å². The van der Waals surface area contributed by atoms with Crippen molar-refractivity contribution in [3.8, 4) is 17.0 Å². The van der Waals surface area contributed by atoms with Crippen molar-refractivity contribution in [2.45, 2.75) is 39.1 Å². The van der Waals surface area contributed by atoms with Crippen LogP contribution in [0.5, 0.6) is 5.75 Å². The average Bonchev–Trinajstić information content (AvgIpc) is 3.40. The quantitative estimate of drug-likeness (QED) is 0.171. The number of hydrogen-bond acceptors (Lipinski definition) is 8. The van der Waals surface area contributed by atoms with Crippen LogP contribution in [0.15, 0.2) is 91.5 Å². The lowest BCUT2D eigenvalue weighted by Crippen LogP contribution is -2.36. The molecule has 5 atom stereocenters. The second-order valence-corrected chi connectivity index (χ2v) is 11.4. The number of carbonyl (C=O) groups excluding carboxylic acids is 2. The van der Waals surface area contributed by atoms with Gasteiger partial charge in [-0.15, -0.1) is 6.58 Å². The molecule has 1 aliphatic heterocycles. The normalized spacial score (nSPS) is 20.9. The van der Waals surface area contributed by atoms with Crippen LogP contribution in [0.25, 0.3) is 17.3 Å². The molecule has 43 heavy (non-hydrogen) atoms. The Kier molecular flexibility index (Phi) is 10.5. The lowest BCUT2D eigenvalue weighted by Gasteiger charge is -2.25. The van der Waals surface area contributed by atoms with E-state index in [1.165, 1.54) is 13.2 Å². The highest BCUT2D eigenvalue weighted by Gasteiger charge is 2.51. The molecule has 0 bridgehead atoms. The van der Waals surface area contributed by atoms with E-state index in [0.29, 0.717) is 11.4 Å². The summed E-state index contributed by atoms with van der Waals surface area (Å²) in [6.45, 7) is 9.78. The number of methoxy groups -OCH3 is 1. The van der Waals surface area contributed by atoms with Crippen molar-refractivity contribution in [2.24, 2.45) is 17.3 Å². The van der Waals surface area contributed by atoms with Gasteiger partial charge in [0.25, 0.3) is 0 Å². The van der Waals surface area contributed by atoms with Gasteiger partial charge in [0.2, 0.25) is 0 Å². The lowest BCUT2D eigenvalue weighted by atomic mass is 9.86. The standard InChI is InChI=1S/C35H39NO7/c1-6-28-30(31(33(38)40-5)29(43-28)20-15-23-11-8-7-9-12-23)34(39)42-22-21-41-25-18-16-24(17-19-25)26-13-10-14-27(36-26)32(37)35(2,3)4/h6-20,28-32,37H,1,21-22H2,2-5H3/b20-15+/t28-,29+,30-,31+,32+/m1/s1. The van der Waals surface area contributed by atoms with E-state index in [-0.39, 0.29) is 18.6 Å². The third kappa shape index (κ3) is 7.97. The van der Waals surface area contributed by atoms with Crippen molar-refractivity contribution < 1.29 is 33.6 Å². The molecule has 1 fully saturated rings. The van der Waals surface area contributed by atoms with E-state index in [0.717, 1.165) is 16.8 Å². The average molecular weight is 586 g/mol. The Morgan fingerprint density at radius 3 is 2.30 bits per heavy atom. The van der Waals surface area contributed by atoms with Crippen molar-refractivity contribution in [2.75, 3.05) is 20.3 Å². The van der Waals surface area contributed by atoms with E-state index in [9.17, 15) is 14.7 Å². The maximum Gasteiger partial charge on any atom is 0.313 e. The zero-order valence-electron chi connectivity index (χ0n) is 25.0. The van der Waals surface area contributed by atoms with Gasteiger partial charge in [0.1, 0.15) is 36.9 Å². The predicted molar refractivity (Wildman–Crippen MR) is 164 cm³/mol. The predicted octanol–water partition coefficient (Wildman–Crippen LogP) is 5.82. The second-order valence-electron chi connectivity index (χ2n) is 11.4. The molecule has 0 spiro atoms. The van der Waals surface area contributed by atoms with E-state index in [1.807, 2.05) is 87.5 Å². The molecule has 1 saturated heterocycles. The van der Waals surface area contributed by atoms with E-state index in [1.54, 1.807) is 18.2 Å². The Morgan fingerprint density at radius 2 is 1.65 bits per heavy atom. The Balaban J connectivity index is 1.34. The van der Waals surface area contributed by atoms with Gasteiger partial charge in [0.05, 0.1) is 30.7 Å². The van der Waals surface area contributed by atoms with Crippen LogP contribution in [0.4, 0.5) is 0 Å². The molecule has 1 aromatic heterocycles. The molecule has 8 nitrogen and oxygen atoms in total. The minimum Gasteiger partial charge on any atom is -0.490 e. The van der Waals surface area contributed by atoms with Crippen LogP contribution < -0.4 is 4.74 Å². The van der Waals surface area contributed by atoms with Crippen LogP contribution in [-0.4, -0.2) is 54.6 Å². The first-order valence-electron chi connectivity index (χ1n) is 14.3. The summed E-state index contributed by atoms with van der Waals surface area (Å²) in [5, 5.41) is 10.6. The van der Waals surface area contributed by atoms with Gasteiger partial charge in [-0.25, -0.2) is 0 Å². The number of aromatic nitrogens is 1. The zero-order valence-corrected chi connectivity index (χ0v) is 25.0. The molecule has 0 aliphatic carbocycles. The van der Waals surface area contributed by atoms with Crippen molar-refractivity contribution in [3.05, 3.63) is 103 Å². The molecule has 2 heterocycles. The molecule has 1 N–H and O–H groups in total. The fraction of sp³-hybridized carbons (Fsp3) is 0.343. The van der Waals surface area contributed by atoms with Crippen LogP contribution >= 0.6 is 0 Å². The molecule has 0 radical (unpaired) electrons. The van der Waals surface area contributed by atoms with Gasteiger partial charge in [-0.2, -0.15) is 0 Å². The van der Waals surface area contributed by atoms with Crippen LogP contribution in [0.2, 0.25) is 0 Å². The topological polar surface area (TPSA) is 104 Å². The molecular weight excluding hydrogens is 546 g/mol. The molecule has 8 heteroatoms. The van der Waals surface area contributed by atoms with E-state index in [2.05, 4.69) is 11.6 Å². The molecule has 1 aliphatic rings. The summed E-state index contributed by atoms with van der Waals surface area (Å²) in [6, 6.07) is 22.6. The van der Waals surface area contributed by atoms with E-state index < -0.39 is 42.1 Å². The van der Waals surface area contributed by atoms with Gasteiger partial charge in [-0.3, -0.25) is 14.6 Å². The summed E-state index contributed by atoms with van der Waals surface area (Å²) in [7, 11) is 1.28. The summed E-state index contributed by atoms with van der Waals surface area (Å²) >= 11 is 0. The third-order valence-electron chi connectivity index (χ3n) is 7.28. The molecule has 0 amide bonds. The molecule has 0 saturated carbocycles. The van der Waals surface area contributed by atoms with Gasteiger partial charge < -0.3 is 24.1 Å². The zero-order chi connectivity index (χ0) is 31.0. The third-order valence-corrected chi connectivity index (χ3v) is 7.28. The molecular formula is C35H39NO7. The number of ether oxygens (including phenoxy) is 4. The summed E-state index contributed by atoms with van der Waals surface area (Å²) in [5.74, 6) is -2.34. The summed E-state index contributed by atoms with van der Waals surface area (Å²) in [4.78, 5) is 30.5. The van der Waals surface area contributed by atoms with Crippen molar-refractivity contribution in [1.29, 1.82) is 0 Å². The summed E-state index contributed by atoms with van der Waals surface area (Å²) in [5.41, 5.74) is 2.85. The van der Waals surface area contributed by atoms with E-state index >= 15 is 0 Å². The Hall–Kier alpha value is -4.27. The van der Waals surface area contributed by atoms with Gasteiger partial charge in [0, 0.05) is 5.56 Å². The number of nitrogens with zero attached hydrogens (tertiary/aromatic N) is 1. The number of esters is 2. The fourth-order valence-electron chi connectivity index (χ4n) is 4.92. The number of carbonyl (C=O) groups is 2. The van der Waals surface area contributed by atoms with Crippen LogP contribution in [0.3, 0.4) is 0 Å². The van der Waals surface area contributed by atoms with Crippen molar-refractivity contribution in [1.82, 2.24) is 4.98 Å². The molecule has 4 rings (SSSR count). The number of pyridine rings is 1. The molecule has 0 unspecified atom stereocenters. The molecule has 3 aromatic rings. The Bertz CT molecular complexity index is 1410. The summed E-state index contributed by atoms with van der Waals surface area (Å²) < 4.78 is 22.3. The first kappa shape index (κ1) is 31.7. The highest BCUT2D eigenvalue weighted by Crippen LogP contribution is 2.37. The number of aliphatic hydroxyl groups excluding tert-OH is 1. The molecule has 226 valence electrons. The minimum absolute atomic E-state index is 0.0202. The minimum atomic E-state index is -0.908. The van der Waals surface area contributed by atoms with Crippen LogP contribution in [0, 0.1) is 17.3 Å².